The van der Waals surface area contributed by atoms with Crippen molar-refractivity contribution in [2.24, 2.45) is 0 Å². The molecule has 424 valence electrons. The first-order valence-electron chi connectivity index (χ1n) is 31.2. The number of nitrogens with one attached hydrogen (secondary N) is 1. The second-order valence-corrected chi connectivity index (χ2v) is 21.8. The third-order valence-electron chi connectivity index (χ3n) is 14.9. The van der Waals surface area contributed by atoms with Crippen LogP contribution in [0.2, 0.25) is 0 Å². The van der Waals surface area contributed by atoms with Crippen LogP contribution in [0.1, 0.15) is 303 Å². The van der Waals surface area contributed by atoms with E-state index < -0.39 is 49.5 Å². The molecule has 1 saturated heterocycles. The summed E-state index contributed by atoms with van der Waals surface area (Å²) < 4.78 is 11.3. The minimum Gasteiger partial charge on any atom is -0.394 e. The maximum absolute atomic E-state index is 13.1. The van der Waals surface area contributed by atoms with Gasteiger partial charge in [0.1, 0.15) is 24.4 Å². The number of aliphatic hydroxyl groups excluding tert-OH is 5. The number of allylic oxidation sites excluding steroid dienone is 5. The van der Waals surface area contributed by atoms with Crippen LogP contribution >= 0.6 is 0 Å². The van der Waals surface area contributed by atoms with Gasteiger partial charge in [0.05, 0.1) is 25.4 Å². The number of amides is 1. The van der Waals surface area contributed by atoms with E-state index >= 15 is 0 Å². The number of ether oxygens (including phenoxy) is 2. The van der Waals surface area contributed by atoms with E-state index in [1.54, 1.807) is 6.08 Å². The number of rotatable bonds is 54. The molecular formula is C63H119NO8. The molecule has 72 heavy (non-hydrogen) atoms. The van der Waals surface area contributed by atoms with Crippen LogP contribution in [0.25, 0.3) is 0 Å². The Morgan fingerprint density at radius 2 is 0.792 bits per heavy atom. The van der Waals surface area contributed by atoms with Crippen LogP contribution in [0.3, 0.4) is 0 Å². The van der Waals surface area contributed by atoms with Crippen molar-refractivity contribution in [1.82, 2.24) is 5.32 Å². The molecule has 0 saturated carbocycles. The lowest BCUT2D eigenvalue weighted by Gasteiger charge is -2.40. The summed E-state index contributed by atoms with van der Waals surface area (Å²) in [4.78, 5) is 13.1. The number of hydrogen-bond acceptors (Lipinski definition) is 8. The smallest absolute Gasteiger partial charge is 0.220 e. The van der Waals surface area contributed by atoms with Gasteiger partial charge in [-0.25, -0.2) is 0 Å². The maximum atomic E-state index is 13.1. The van der Waals surface area contributed by atoms with E-state index in [0.29, 0.717) is 6.42 Å². The normalized spacial score (nSPS) is 19.3. The van der Waals surface area contributed by atoms with Crippen LogP contribution in [-0.2, 0) is 14.3 Å². The van der Waals surface area contributed by atoms with Crippen molar-refractivity contribution in [2.75, 3.05) is 13.2 Å². The summed E-state index contributed by atoms with van der Waals surface area (Å²) in [6.07, 6.45) is 62.3. The van der Waals surface area contributed by atoms with Gasteiger partial charge in [0, 0.05) is 6.42 Å². The lowest BCUT2D eigenvalue weighted by molar-refractivity contribution is -0.302. The van der Waals surface area contributed by atoms with Crippen molar-refractivity contribution in [3.05, 3.63) is 36.5 Å². The van der Waals surface area contributed by atoms with E-state index in [-0.39, 0.29) is 12.5 Å². The Kier molecular flexibility index (Phi) is 50.2. The number of unbranched alkanes of at least 4 members (excludes halogenated alkanes) is 40. The van der Waals surface area contributed by atoms with Gasteiger partial charge in [0.2, 0.25) is 5.91 Å². The highest BCUT2D eigenvalue weighted by Gasteiger charge is 2.44. The Bertz CT molecular complexity index is 1230. The van der Waals surface area contributed by atoms with E-state index in [9.17, 15) is 30.3 Å². The summed E-state index contributed by atoms with van der Waals surface area (Å²) >= 11 is 0. The van der Waals surface area contributed by atoms with Crippen molar-refractivity contribution in [3.63, 3.8) is 0 Å². The summed E-state index contributed by atoms with van der Waals surface area (Å²) in [7, 11) is 0. The molecule has 0 aromatic heterocycles. The Balaban J connectivity index is 2.18. The molecule has 1 fully saturated rings. The number of hydrogen-bond donors (Lipinski definition) is 6. The number of carbonyl (C=O) groups is 1. The van der Waals surface area contributed by atoms with Gasteiger partial charge in [-0.3, -0.25) is 4.79 Å². The fourth-order valence-corrected chi connectivity index (χ4v) is 9.99. The molecule has 1 amide bonds. The molecule has 0 radical (unpaired) electrons. The third kappa shape index (κ3) is 41.6. The second kappa shape index (κ2) is 52.8. The molecule has 1 heterocycles. The third-order valence-corrected chi connectivity index (χ3v) is 14.9. The molecule has 7 atom stereocenters. The predicted molar refractivity (Wildman–Crippen MR) is 304 cm³/mol. The Morgan fingerprint density at radius 1 is 0.458 bits per heavy atom. The highest BCUT2D eigenvalue weighted by Crippen LogP contribution is 2.23. The molecular weight excluding hydrogens is 899 g/mol. The zero-order chi connectivity index (χ0) is 52.2. The van der Waals surface area contributed by atoms with Crippen molar-refractivity contribution >= 4 is 5.91 Å². The van der Waals surface area contributed by atoms with E-state index in [0.717, 1.165) is 38.5 Å². The molecule has 9 heteroatoms. The summed E-state index contributed by atoms with van der Waals surface area (Å²) in [5.74, 6) is -0.183. The summed E-state index contributed by atoms with van der Waals surface area (Å²) in [5, 5.41) is 54.6. The average molecular weight is 1020 g/mol. The van der Waals surface area contributed by atoms with Crippen LogP contribution in [0, 0.1) is 0 Å². The van der Waals surface area contributed by atoms with Gasteiger partial charge in [0.15, 0.2) is 6.29 Å². The van der Waals surface area contributed by atoms with Gasteiger partial charge in [-0.15, -0.1) is 0 Å². The van der Waals surface area contributed by atoms with Gasteiger partial charge >= 0.3 is 0 Å². The zero-order valence-electron chi connectivity index (χ0n) is 47.2. The molecule has 0 aliphatic carbocycles. The lowest BCUT2D eigenvalue weighted by atomic mass is 9.99. The first-order chi connectivity index (χ1) is 35.3. The highest BCUT2D eigenvalue weighted by atomic mass is 16.7. The first-order valence-corrected chi connectivity index (χ1v) is 31.2. The van der Waals surface area contributed by atoms with Crippen molar-refractivity contribution in [2.45, 2.75) is 346 Å². The first kappa shape index (κ1) is 68.4. The molecule has 1 aliphatic heterocycles. The van der Waals surface area contributed by atoms with Crippen molar-refractivity contribution in [1.29, 1.82) is 0 Å². The lowest BCUT2D eigenvalue weighted by Crippen LogP contribution is -2.60. The summed E-state index contributed by atoms with van der Waals surface area (Å²) in [5.41, 5.74) is 0. The van der Waals surface area contributed by atoms with Gasteiger partial charge in [-0.1, -0.05) is 275 Å². The molecule has 0 bridgehead atoms. The quantitative estimate of drug-likeness (QED) is 0.0261. The molecule has 0 aromatic carbocycles. The van der Waals surface area contributed by atoms with Crippen molar-refractivity contribution < 1.29 is 39.8 Å². The van der Waals surface area contributed by atoms with Gasteiger partial charge < -0.3 is 40.3 Å². The van der Waals surface area contributed by atoms with E-state index in [4.69, 9.17) is 9.47 Å². The minimum atomic E-state index is -1.57. The van der Waals surface area contributed by atoms with Crippen LogP contribution in [0.15, 0.2) is 36.5 Å². The topological polar surface area (TPSA) is 149 Å². The maximum Gasteiger partial charge on any atom is 0.220 e. The minimum absolute atomic E-state index is 0.183. The van der Waals surface area contributed by atoms with E-state index in [2.05, 4.69) is 43.5 Å². The summed E-state index contributed by atoms with van der Waals surface area (Å²) in [6.45, 7) is 3.80. The SMILES string of the molecule is CCCCCCCCCCCCCC/C=C\CCCCCCCCCCCCCCCC(=O)NC(COC1OC(CO)C(O)C(O)C1O)C(O)/C=C/CC/C=C/CCCCCCCCCCCCCCCC. The molecule has 1 aliphatic rings. The monoisotopic (exact) mass is 1020 g/mol. The van der Waals surface area contributed by atoms with Gasteiger partial charge in [-0.2, -0.15) is 0 Å². The zero-order valence-corrected chi connectivity index (χ0v) is 47.2. The molecule has 9 nitrogen and oxygen atoms in total. The van der Waals surface area contributed by atoms with Gasteiger partial charge in [-0.05, 0) is 57.8 Å². The number of carbonyl (C=O) groups excluding carboxylic acids is 1. The summed E-state index contributed by atoms with van der Waals surface area (Å²) in [6, 6.07) is -0.821. The fourth-order valence-electron chi connectivity index (χ4n) is 9.99. The van der Waals surface area contributed by atoms with E-state index in [1.807, 2.05) is 6.08 Å². The van der Waals surface area contributed by atoms with Crippen LogP contribution in [0.5, 0.6) is 0 Å². The Labute approximate surface area is 444 Å². The molecule has 7 unspecified atom stereocenters. The molecule has 0 aromatic rings. The second-order valence-electron chi connectivity index (χ2n) is 21.8. The Hall–Kier alpha value is -1.59. The van der Waals surface area contributed by atoms with Gasteiger partial charge in [0.25, 0.3) is 0 Å². The highest BCUT2D eigenvalue weighted by molar-refractivity contribution is 5.76. The largest absolute Gasteiger partial charge is 0.394 e. The number of aliphatic hydroxyl groups is 5. The van der Waals surface area contributed by atoms with Crippen LogP contribution in [-0.4, -0.2) is 87.5 Å². The Morgan fingerprint density at radius 3 is 1.17 bits per heavy atom. The van der Waals surface area contributed by atoms with Crippen LogP contribution < -0.4 is 5.32 Å². The molecule has 6 N–H and O–H groups in total. The average Bonchev–Trinajstić information content (AvgIpc) is 3.38. The standard InChI is InChI=1S/C63H119NO8/c1-3-5-7-9-11-13-15-17-19-21-23-25-26-27-28-29-30-31-32-33-35-37-39-41-43-45-47-49-51-53-59(67)64-56(55-71-63-62(70)61(69)60(68)58(54-65)72-63)57(66)52-50-48-46-44-42-40-38-36-34-24-22-20-18-16-14-12-10-8-6-4-2/h27-28,42,44,50,52,56-58,60-63,65-66,68-70H,3-26,29-41,43,45-49,51,53-55H2,1-2H3,(H,64,67)/b28-27-,44-42+,52-50+. The molecule has 0 spiro atoms. The predicted octanol–water partition coefficient (Wildman–Crippen LogP) is 15.9. The van der Waals surface area contributed by atoms with Crippen LogP contribution in [0.4, 0.5) is 0 Å². The molecule has 1 rings (SSSR count). The van der Waals surface area contributed by atoms with Crippen molar-refractivity contribution in [3.8, 4) is 0 Å². The van der Waals surface area contributed by atoms with E-state index in [1.165, 1.54) is 244 Å². The fraction of sp³-hybridized carbons (Fsp3) is 0.889.